The molecule has 0 bridgehead atoms. The van der Waals surface area contributed by atoms with E-state index in [1.165, 1.54) is 9.80 Å². The fourth-order valence-corrected chi connectivity index (χ4v) is 3.93. The first kappa shape index (κ1) is 20.0. The maximum atomic E-state index is 12.4. The van der Waals surface area contributed by atoms with Gasteiger partial charge >= 0.3 is 5.97 Å². The van der Waals surface area contributed by atoms with Crippen molar-refractivity contribution in [3.8, 4) is 0 Å². The normalized spacial score (nSPS) is 34.4. The third kappa shape index (κ3) is 3.34. The zero-order chi connectivity index (χ0) is 21.0. The number of amides is 3. The van der Waals surface area contributed by atoms with Gasteiger partial charge in [-0.1, -0.05) is 0 Å². The number of carbonyl (C=O) groups is 4. The zero-order valence-corrected chi connectivity index (χ0v) is 15.2. The van der Waals surface area contributed by atoms with E-state index in [-0.39, 0.29) is 37.7 Å². The van der Waals surface area contributed by atoms with E-state index in [9.17, 15) is 34.5 Å². The molecule has 0 aromatic carbocycles. The van der Waals surface area contributed by atoms with E-state index >= 15 is 0 Å². The second kappa shape index (κ2) is 7.18. The van der Waals surface area contributed by atoms with E-state index in [0.29, 0.717) is 0 Å². The van der Waals surface area contributed by atoms with Crippen molar-refractivity contribution in [2.24, 2.45) is 5.73 Å². The van der Waals surface area contributed by atoms with Crippen molar-refractivity contribution >= 4 is 23.7 Å². The van der Waals surface area contributed by atoms with E-state index < -0.39 is 60.8 Å². The molecule has 0 saturated carbocycles. The Morgan fingerprint density at radius 1 is 1.00 bits per heavy atom. The summed E-state index contributed by atoms with van der Waals surface area (Å²) in [7, 11) is 0. The van der Waals surface area contributed by atoms with Crippen molar-refractivity contribution in [2.75, 3.05) is 13.1 Å². The van der Waals surface area contributed by atoms with Gasteiger partial charge in [-0.2, -0.15) is 0 Å². The van der Waals surface area contributed by atoms with Crippen LogP contribution in [0.2, 0.25) is 0 Å². The van der Waals surface area contributed by atoms with Gasteiger partial charge < -0.3 is 45.6 Å². The summed E-state index contributed by atoms with van der Waals surface area (Å²) >= 11 is 0. The first-order valence-corrected chi connectivity index (χ1v) is 9.22. The van der Waals surface area contributed by atoms with Crippen molar-refractivity contribution < 1.29 is 44.0 Å². The molecular formula is C16H22N4O9. The largest absolute Gasteiger partial charge is 0.480 e. The molecule has 8 unspecified atom stereocenters. The van der Waals surface area contributed by atoms with Gasteiger partial charge in [0.1, 0.15) is 42.9 Å². The lowest BCUT2D eigenvalue weighted by molar-refractivity contribution is -0.161. The summed E-state index contributed by atoms with van der Waals surface area (Å²) in [5.74, 6) is -2.82. The molecule has 29 heavy (non-hydrogen) atoms. The van der Waals surface area contributed by atoms with Crippen molar-refractivity contribution in [1.82, 2.24) is 15.1 Å². The molecule has 13 heteroatoms. The number of rotatable bonds is 7. The maximum Gasteiger partial charge on any atom is 0.329 e. The molecule has 4 saturated heterocycles. The van der Waals surface area contributed by atoms with Gasteiger partial charge in [0.05, 0.1) is 25.9 Å². The number of nitrogens with two attached hydrogens (primary N) is 1. The summed E-state index contributed by atoms with van der Waals surface area (Å²) in [5, 5.41) is 32.2. The number of aliphatic carboxylic acids is 1. The van der Waals surface area contributed by atoms with Crippen LogP contribution in [0.5, 0.6) is 0 Å². The highest BCUT2D eigenvalue weighted by Gasteiger charge is 2.51. The van der Waals surface area contributed by atoms with E-state index in [2.05, 4.69) is 5.32 Å². The average Bonchev–Trinajstić information content (AvgIpc) is 3.20. The van der Waals surface area contributed by atoms with Crippen LogP contribution < -0.4 is 11.1 Å². The lowest BCUT2D eigenvalue weighted by Crippen LogP contribution is -2.60. The lowest BCUT2D eigenvalue weighted by Gasteiger charge is -2.31. The summed E-state index contributed by atoms with van der Waals surface area (Å²) in [4.78, 5) is 49.6. The number of hydrogen-bond donors (Lipinski definition) is 5. The van der Waals surface area contributed by atoms with Gasteiger partial charge in [0, 0.05) is 0 Å². The van der Waals surface area contributed by atoms with Crippen LogP contribution in [0.1, 0.15) is 12.8 Å². The van der Waals surface area contributed by atoms with Crippen LogP contribution in [-0.4, -0.2) is 111 Å². The smallest absolute Gasteiger partial charge is 0.329 e. The first-order chi connectivity index (χ1) is 13.7. The number of carbonyl (C=O) groups excluding carboxylic acids is 3. The quantitative estimate of drug-likeness (QED) is 0.254. The third-order valence-corrected chi connectivity index (χ3v) is 5.79. The summed E-state index contributed by atoms with van der Waals surface area (Å²) in [6.07, 6.45) is -5.58. The fourth-order valence-electron chi connectivity index (χ4n) is 3.93. The molecule has 0 aliphatic carbocycles. The van der Waals surface area contributed by atoms with Gasteiger partial charge in [-0.05, 0) is 0 Å². The van der Waals surface area contributed by atoms with Crippen LogP contribution in [0.3, 0.4) is 0 Å². The fraction of sp³-hybridized carbons (Fsp3) is 0.750. The summed E-state index contributed by atoms with van der Waals surface area (Å²) in [6.45, 7) is 0.0952. The van der Waals surface area contributed by atoms with E-state index in [1.54, 1.807) is 0 Å². The number of aliphatic hydroxyl groups excluding tert-OH is 2. The molecule has 6 N–H and O–H groups in total. The lowest BCUT2D eigenvalue weighted by atomic mass is 10.0. The highest BCUT2D eigenvalue weighted by molar-refractivity contribution is 5.88. The molecule has 4 aliphatic rings. The minimum Gasteiger partial charge on any atom is -0.480 e. The predicted octanol–water partition coefficient (Wildman–Crippen LogP) is -4.48. The number of β-lactam (4-membered cyclic amide) rings is 2. The van der Waals surface area contributed by atoms with Crippen LogP contribution >= 0.6 is 0 Å². The highest BCUT2D eigenvalue weighted by Crippen LogP contribution is 2.31. The molecule has 4 heterocycles. The summed E-state index contributed by atoms with van der Waals surface area (Å²) in [6, 6.07) is -3.31. The molecule has 0 aromatic rings. The van der Waals surface area contributed by atoms with Gasteiger partial charge in [-0.3, -0.25) is 14.4 Å². The minimum absolute atomic E-state index is 0.0140. The Labute approximate surface area is 164 Å². The monoisotopic (exact) mass is 414 g/mol. The molecule has 4 aliphatic heterocycles. The number of hydrogen-bond acceptors (Lipinski definition) is 9. The molecule has 8 atom stereocenters. The average molecular weight is 414 g/mol. The van der Waals surface area contributed by atoms with E-state index in [4.69, 9.17) is 15.2 Å². The topological polar surface area (TPSA) is 192 Å². The maximum absolute atomic E-state index is 12.4. The Morgan fingerprint density at radius 3 is 1.90 bits per heavy atom. The Hall–Kier alpha value is -2.32. The second-order valence-corrected chi connectivity index (χ2v) is 7.59. The number of fused-ring (bicyclic) bond motifs is 2. The van der Waals surface area contributed by atoms with Crippen LogP contribution in [0.4, 0.5) is 0 Å². The Bertz CT molecular complexity index is 748. The van der Waals surface area contributed by atoms with Crippen LogP contribution in [0, 0.1) is 0 Å². The van der Waals surface area contributed by atoms with Crippen molar-refractivity contribution in [2.45, 2.75) is 61.8 Å². The van der Waals surface area contributed by atoms with Gasteiger partial charge in [-0.25, -0.2) is 4.79 Å². The van der Waals surface area contributed by atoms with Crippen molar-refractivity contribution in [3.63, 3.8) is 0 Å². The molecule has 0 aromatic heterocycles. The summed E-state index contributed by atoms with van der Waals surface area (Å²) in [5.41, 5.74) is 5.76. The number of nitrogens with one attached hydrogen (secondary N) is 1. The number of nitrogens with zero attached hydrogens (tertiary/aromatic N) is 2. The van der Waals surface area contributed by atoms with Gasteiger partial charge in [0.25, 0.3) is 0 Å². The van der Waals surface area contributed by atoms with Crippen molar-refractivity contribution in [1.29, 1.82) is 0 Å². The van der Waals surface area contributed by atoms with Gasteiger partial charge in [0.15, 0.2) is 6.04 Å². The molecule has 4 rings (SSSR count). The minimum atomic E-state index is -1.76. The number of ether oxygens (including phenoxy) is 2. The molecule has 3 amide bonds. The molecule has 0 radical (unpaired) electrons. The highest BCUT2D eigenvalue weighted by atomic mass is 16.5. The number of carboxylic acid groups (broad SMARTS) is 1. The van der Waals surface area contributed by atoms with Crippen LogP contribution in [-0.2, 0) is 28.7 Å². The summed E-state index contributed by atoms with van der Waals surface area (Å²) < 4.78 is 10.9. The molecule has 4 fully saturated rings. The first-order valence-electron chi connectivity index (χ1n) is 9.22. The SMILES string of the molecule is NC(C(=O)NC(C(=O)O)C(O)C1CN2C(=O)CC2O1)C(O)C1CN2C(=O)CC2O1. The van der Waals surface area contributed by atoms with Gasteiger partial charge in [0.2, 0.25) is 17.7 Å². The van der Waals surface area contributed by atoms with Crippen molar-refractivity contribution in [3.05, 3.63) is 0 Å². The Kier molecular flexibility index (Phi) is 4.94. The van der Waals surface area contributed by atoms with Crippen LogP contribution in [0.15, 0.2) is 0 Å². The second-order valence-electron chi connectivity index (χ2n) is 7.59. The van der Waals surface area contributed by atoms with E-state index in [0.717, 1.165) is 0 Å². The predicted molar refractivity (Wildman–Crippen MR) is 89.5 cm³/mol. The standard InChI is InChI=1S/C16H22N4O9/c17-11(13(23)5-3-19-7(21)1-9(19)28-5)15(25)18-12(16(26)27)14(24)6-4-20-8(22)2-10(20)29-6/h5-6,9-14,23-24H,1-4,17H2,(H,18,25)(H,26,27). The molecule has 160 valence electrons. The number of carboxylic acids is 1. The zero-order valence-electron chi connectivity index (χ0n) is 15.2. The Morgan fingerprint density at radius 2 is 1.48 bits per heavy atom. The van der Waals surface area contributed by atoms with Gasteiger partial charge in [-0.15, -0.1) is 0 Å². The Balaban J connectivity index is 1.35. The molecule has 0 spiro atoms. The third-order valence-electron chi connectivity index (χ3n) is 5.79. The van der Waals surface area contributed by atoms with E-state index in [1.807, 2.05) is 0 Å². The van der Waals surface area contributed by atoms with Crippen LogP contribution in [0.25, 0.3) is 0 Å². The molecule has 13 nitrogen and oxygen atoms in total. The number of aliphatic hydroxyl groups is 2. The molecular weight excluding hydrogens is 392 g/mol.